The topological polar surface area (TPSA) is 473 Å². The van der Waals surface area contributed by atoms with E-state index in [9.17, 15) is 24.0 Å². The molecule has 42 heteroatoms. The zero-order valence-electron chi connectivity index (χ0n) is 81.2. The van der Waals surface area contributed by atoms with Crippen molar-refractivity contribution in [1.82, 2.24) is 122 Å². The van der Waals surface area contributed by atoms with Crippen LogP contribution in [0.5, 0.6) is 0 Å². The number of hydrogen-bond donors (Lipinski definition) is 11. The molecule has 148 heavy (non-hydrogen) atoms. The van der Waals surface area contributed by atoms with Crippen molar-refractivity contribution in [3.63, 3.8) is 0 Å². The molecule has 40 nitrogen and oxygen atoms in total. The summed E-state index contributed by atoms with van der Waals surface area (Å²) < 4.78 is 2.34. The number of benzene rings is 4. The van der Waals surface area contributed by atoms with Crippen LogP contribution in [0, 0.1) is 6.92 Å². The molecule has 0 saturated carbocycles. The van der Waals surface area contributed by atoms with Gasteiger partial charge in [0.1, 0.15) is 28.5 Å². The number of amides is 5. The molecule has 5 aliphatic rings. The number of nitrogens with one attached hydrogen (secondary N) is 11. The van der Waals surface area contributed by atoms with E-state index in [2.05, 4.69) is 197 Å². The molecular formula is C106H105N35O5S2. The van der Waals surface area contributed by atoms with Crippen LogP contribution in [0.25, 0.3) is 87.3 Å². The first-order valence-corrected chi connectivity index (χ1v) is 50.0. The van der Waals surface area contributed by atoms with Gasteiger partial charge in [-0.2, -0.15) is 5.10 Å². The van der Waals surface area contributed by atoms with Gasteiger partial charge in [-0.3, -0.25) is 54.0 Å². The molecule has 0 atom stereocenters. The standard InChI is InChI=1S/2C22H20N6OS.C21H20N8O.C21H22N6O.C20H23N9O/c29-22(27-18-13-24-7-6-19(18)28-11-9-23-10-12-28)17-5-8-25-21(26-17)16-14-30-20-4-2-1-3-15(16)20;29-22(27-17-14-24-7-6-18(17)28-11-9-23-10-12-28)16-5-8-25-21(26-16)20-13-15-3-1-2-4-19(15)30-20;30-21(27-18-13-23-5-4-19(18)29-9-7-22-8-10-29)17-3-6-24-20(26-17)14-1-2-16-15(11-14)12-25-28-16;1-15-2-4-16(5-3-15)20-24-9-6-17(25-20)21(28)26-18-14-23-8-7-19(18)27-12-10-22-11-13-27;1-28(2)20-24-11-14(12-25-20)18-23-6-3-15(26-18)19(30)27-16-13-22-5-4-17(16)29-9-7-21-8-10-29/h2*1-8,13-14,23H,9-12H2,(H,27,29);1-6,11-13,22H,7-10H2,(H,25,28)(H,27,30);2-9,14,22H,10-13H2,1H3,(H,26,28);3-6,11-13,21H,7-10H2,1-2H3,(H,27,30). The van der Waals surface area contributed by atoms with Crippen molar-refractivity contribution in [3.05, 3.63) is 309 Å². The second-order valence-electron chi connectivity index (χ2n) is 34.7. The van der Waals surface area contributed by atoms with Crippen molar-refractivity contribution in [2.45, 2.75) is 6.92 Å². The van der Waals surface area contributed by atoms with Crippen LogP contribution in [0.2, 0.25) is 0 Å². The number of hydrogen-bond acceptors (Lipinski definition) is 36. The number of H-pyrrole nitrogens is 1. The molecule has 5 aliphatic heterocycles. The van der Waals surface area contributed by atoms with E-state index in [0.29, 0.717) is 91.8 Å². The second-order valence-corrected chi connectivity index (χ2v) is 36.7. The minimum absolute atomic E-state index is 0.256. The lowest BCUT2D eigenvalue weighted by Crippen LogP contribution is -2.43. The van der Waals surface area contributed by atoms with Gasteiger partial charge in [0.05, 0.1) is 110 Å². The lowest BCUT2D eigenvalue weighted by Gasteiger charge is -2.30. The Kier molecular flexibility index (Phi) is 32.3. The second kappa shape index (κ2) is 48.2. The molecule has 5 saturated heterocycles. The SMILES string of the molecule is CN(C)c1ncc(-c2nccc(C(=O)Nc3cnccc3N3CCNCC3)n2)cn1.Cc1ccc(-c2nccc(C(=O)Nc3cnccc3N3CCNCC3)n2)cc1.O=C(Nc1cnccc1N1CCNCC1)c1ccnc(-c2cc3ccccc3s2)n1.O=C(Nc1cnccc1N1CCNCC1)c1ccnc(-c2ccc3[nH]ncc3c2)n1.O=C(Nc1cnccc1N1CCNCC1)c1ccnc(-c2csc3ccccc23)n1. The van der Waals surface area contributed by atoms with Gasteiger partial charge in [-0.1, -0.05) is 66.2 Å². The van der Waals surface area contributed by atoms with E-state index in [1.165, 1.54) is 9.40 Å². The fraction of sp³-hybridized carbons (Fsp3) is 0.217. The van der Waals surface area contributed by atoms with Crippen molar-refractivity contribution in [2.24, 2.45) is 0 Å². The Balaban J connectivity index is 0.000000116. The molecular weight excluding hydrogens is 1910 g/mol. The van der Waals surface area contributed by atoms with Gasteiger partial charge >= 0.3 is 0 Å². The summed E-state index contributed by atoms with van der Waals surface area (Å²) in [5.41, 5.74) is 15.1. The fourth-order valence-corrected chi connectivity index (χ4v) is 19.0. The summed E-state index contributed by atoms with van der Waals surface area (Å²) in [5.74, 6) is 1.64. The molecule has 11 N–H and O–H groups in total. The summed E-state index contributed by atoms with van der Waals surface area (Å²) in [4.78, 5) is 152. The minimum Gasteiger partial charge on any atom is -0.367 e. The first-order chi connectivity index (χ1) is 72.7. The number of aromatic amines is 1. The number of aryl methyl sites for hydroxylation is 1. The number of piperazine rings is 5. The maximum absolute atomic E-state index is 13.0. The number of aromatic nitrogens is 19. The molecule has 0 radical (unpaired) electrons. The van der Waals surface area contributed by atoms with Gasteiger partial charge < -0.3 is 82.6 Å². The van der Waals surface area contributed by atoms with E-state index in [0.717, 1.165) is 208 Å². The summed E-state index contributed by atoms with van der Waals surface area (Å²) in [6.45, 7) is 20.0. The van der Waals surface area contributed by atoms with Crippen molar-refractivity contribution < 1.29 is 24.0 Å². The number of anilines is 11. The Bertz CT molecular complexity index is 7500. The third kappa shape index (κ3) is 24.9. The highest BCUT2D eigenvalue weighted by Crippen LogP contribution is 2.37. The van der Waals surface area contributed by atoms with Crippen LogP contribution in [0.3, 0.4) is 0 Å². The molecule has 0 unspecified atom stereocenters. The minimum atomic E-state index is -0.325. The number of rotatable bonds is 21. The predicted molar refractivity (Wildman–Crippen MR) is 579 cm³/mol. The first-order valence-electron chi connectivity index (χ1n) is 48.3. The molecule has 14 aromatic heterocycles. The van der Waals surface area contributed by atoms with Gasteiger partial charge in [-0.25, -0.2) is 59.8 Å². The Morgan fingerprint density at radius 2 is 0.669 bits per heavy atom. The Hall–Kier alpha value is -17.6. The highest BCUT2D eigenvalue weighted by atomic mass is 32.1. The van der Waals surface area contributed by atoms with Gasteiger partial charge in [0, 0.05) is 262 Å². The smallest absolute Gasteiger partial charge is 0.274 e. The monoisotopic (exact) mass is 2010 g/mol. The van der Waals surface area contributed by atoms with Gasteiger partial charge in [0.2, 0.25) is 5.95 Å². The van der Waals surface area contributed by atoms with Crippen molar-refractivity contribution in [1.29, 1.82) is 0 Å². The molecule has 5 fully saturated rings. The maximum Gasteiger partial charge on any atom is 0.274 e. The third-order valence-electron chi connectivity index (χ3n) is 24.6. The fourth-order valence-electron chi connectivity index (χ4n) is 17.0. The average molecular weight is 2010 g/mol. The Labute approximate surface area is 859 Å². The number of nitrogens with zero attached hydrogens (tertiary/aromatic N) is 24. The molecule has 746 valence electrons. The Morgan fingerprint density at radius 3 is 1.07 bits per heavy atom. The molecule has 4 aromatic carbocycles. The van der Waals surface area contributed by atoms with Crippen LogP contribution < -0.4 is 82.6 Å². The number of pyridine rings is 5. The first kappa shape index (κ1) is 99.2. The van der Waals surface area contributed by atoms with Crippen molar-refractivity contribution >= 4 is 146 Å². The van der Waals surface area contributed by atoms with E-state index < -0.39 is 0 Å². The molecule has 18 aromatic rings. The van der Waals surface area contributed by atoms with E-state index in [1.54, 1.807) is 169 Å². The summed E-state index contributed by atoms with van der Waals surface area (Å²) in [5, 5.41) is 43.7. The van der Waals surface area contributed by atoms with Crippen LogP contribution in [0.1, 0.15) is 58.0 Å². The van der Waals surface area contributed by atoms with Gasteiger partial charge in [0.15, 0.2) is 29.1 Å². The lowest BCUT2D eigenvalue weighted by atomic mass is 10.1. The highest BCUT2D eigenvalue weighted by Gasteiger charge is 2.27. The zero-order chi connectivity index (χ0) is 101. The van der Waals surface area contributed by atoms with E-state index >= 15 is 0 Å². The predicted octanol–water partition coefficient (Wildman–Crippen LogP) is 12.5. The largest absolute Gasteiger partial charge is 0.367 e. The van der Waals surface area contributed by atoms with Crippen LogP contribution in [-0.4, -0.2) is 269 Å². The number of fused-ring (bicyclic) bond motifs is 3. The normalized spacial score (nSPS) is 14.0. The summed E-state index contributed by atoms with van der Waals surface area (Å²) in [6, 6.07) is 49.7. The summed E-state index contributed by atoms with van der Waals surface area (Å²) >= 11 is 3.26. The number of carbonyl (C=O) groups excluding carboxylic acids is 5. The van der Waals surface area contributed by atoms with Gasteiger partial charge in [-0.15, -0.1) is 22.7 Å². The summed E-state index contributed by atoms with van der Waals surface area (Å²) in [6.07, 6.45) is 30.1. The quantitative estimate of drug-likeness (QED) is 0.0318. The Morgan fingerprint density at radius 1 is 0.324 bits per heavy atom. The highest BCUT2D eigenvalue weighted by molar-refractivity contribution is 7.22. The van der Waals surface area contributed by atoms with Gasteiger partial charge in [0.25, 0.3) is 29.5 Å². The number of carbonyl (C=O) groups is 5. The van der Waals surface area contributed by atoms with Gasteiger partial charge in [-0.05, 0) is 109 Å². The van der Waals surface area contributed by atoms with E-state index in [-0.39, 0.29) is 35.2 Å². The molecule has 0 spiro atoms. The van der Waals surface area contributed by atoms with Crippen LogP contribution >= 0.6 is 22.7 Å². The average Bonchev–Trinajstić information content (AvgIpc) is 1.64. The molecule has 0 bridgehead atoms. The molecule has 0 aliphatic carbocycles. The summed E-state index contributed by atoms with van der Waals surface area (Å²) in [7, 11) is 3.73. The van der Waals surface area contributed by atoms with Crippen molar-refractivity contribution in [2.75, 3.05) is 201 Å². The zero-order valence-corrected chi connectivity index (χ0v) is 82.8. The van der Waals surface area contributed by atoms with Crippen LogP contribution in [0.4, 0.5) is 62.8 Å². The van der Waals surface area contributed by atoms with Crippen LogP contribution in [0.15, 0.2) is 275 Å². The molecule has 5 amide bonds. The van der Waals surface area contributed by atoms with Crippen molar-refractivity contribution in [3.8, 4) is 56.3 Å². The van der Waals surface area contributed by atoms with E-state index in [1.807, 2.05) is 130 Å². The molecule has 23 rings (SSSR count). The molecule has 19 heterocycles. The van der Waals surface area contributed by atoms with Crippen LogP contribution in [-0.2, 0) is 0 Å². The lowest BCUT2D eigenvalue weighted by molar-refractivity contribution is 0.101. The third-order valence-corrected chi connectivity index (χ3v) is 26.7. The van der Waals surface area contributed by atoms with E-state index in [4.69, 9.17) is 0 Å². The maximum atomic E-state index is 13.0. The number of thiophene rings is 2.